The number of benzene rings is 2. The van der Waals surface area contributed by atoms with Crippen molar-refractivity contribution >= 4 is 29.2 Å². The fraction of sp³-hybridized carbons (Fsp3) is 0.133. The van der Waals surface area contributed by atoms with Crippen molar-refractivity contribution in [1.29, 1.82) is 0 Å². The molecule has 5 heteroatoms. The van der Waals surface area contributed by atoms with E-state index in [9.17, 15) is 4.79 Å². The van der Waals surface area contributed by atoms with Gasteiger partial charge in [0.05, 0.1) is 5.56 Å². The molecule has 0 radical (unpaired) electrons. The molecule has 0 aliphatic heterocycles. The highest BCUT2D eigenvalue weighted by molar-refractivity contribution is 6.35. The van der Waals surface area contributed by atoms with Gasteiger partial charge in [0.2, 0.25) is 0 Å². The van der Waals surface area contributed by atoms with Crippen LogP contribution >= 0.6 is 23.2 Å². The van der Waals surface area contributed by atoms with Crippen LogP contribution in [0, 0.1) is 6.92 Å². The van der Waals surface area contributed by atoms with Crippen LogP contribution in [0.4, 0.5) is 0 Å². The highest BCUT2D eigenvalue weighted by atomic mass is 35.5. The summed E-state index contributed by atoms with van der Waals surface area (Å²) in [4.78, 5) is 10.9. The van der Waals surface area contributed by atoms with Gasteiger partial charge in [0, 0.05) is 15.6 Å². The van der Waals surface area contributed by atoms with Crippen LogP contribution in [0.15, 0.2) is 36.4 Å². The minimum absolute atomic E-state index is 0.227. The molecule has 0 fully saturated rings. The van der Waals surface area contributed by atoms with Crippen LogP contribution in [0.1, 0.15) is 21.5 Å². The molecular weight excluding hydrogens is 299 g/mol. The van der Waals surface area contributed by atoms with Crippen LogP contribution in [-0.2, 0) is 6.61 Å². The van der Waals surface area contributed by atoms with E-state index < -0.39 is 5.97 Å². The van der Waals surface area contributed by atoms with Gasteiger partial charge in [-0.25, -0.2) is 4.79 Å². The zero-order valence-electron chi connectivity index (χ0n) is 10.7. The number of aromatic carboxylic acids is 1. The summed E-state index contributed by atoms with van der Waals surface area (Å²) in [6.45, 7) is 2.02. The van der Waals surface area contributed by atoms with Crippen LogP contribution in [0.5, 0.6) is 5.75 Å². The first-order chi connectivity index (χ1) is 9.49. The maximum Gasteiger partial charge on any atom is 0.335 e. The van der Waals surface area contributed by atoms with Gasteiger partial charge < -0.3 is 9.84 Å². The normalized spacial score (nSPS) is 10.3. The van der Waals surface area contributed by atoms with Gasteiger partial charge in [-0.05, 0) is 42.8 Å². The number of rotatable bonds is 4. The molecule has 104 valence electrons. The van der Waals surface area contributed by atoms with Crippen LogP contribution in [0.25, 0.3) is 0 Å². The van der Waals surface area contributed by atoms with E-state index >= 15 is 0 Å². The summed E-state index contributed by atoms with van der Waals surface area (Å²) in [6, 6.07) is 9.94. The highest BCUT2D eigenvalue weighted by Gasteiger charge is 2.09. The van der Waals surface area contributed by atoms with E-state index in [4.69, 9.17) is 33.0 Å². The standard InChI is InChI=1S/C15H12Cl2O3/c1-9-7-10(15(18)19)5-6-14(9)20-8-11-12(16)3-2-4-13(11)17/h2-7H,8H2,1H3,(H,18,19). The Hall–Kier alpha value is -1.71. The molecule has 3 nitrogen and oxygen atoms in total. The predicted octanol–water partition coefficient (Wildman–Crippen LogP) is 4.58. The first-order valence-corrected chi connectivity index (χ1v) is 6.64. The summed E-state index contributed by atoms with van der Waals surface area (Å²) in [5.41, 5.74) is 1.68. The maximum absolute atomic E-state index is 10.9. The monoisotopic (exact) mass is 310 g/mol. The third-order valence-electron chi connectivity index (χ3n) is 2.86. The number of carboxylic acid groups (broad SMARTS) is 1. The maximum atomic E-state index is 10.9. The van der Waals surface area contributed by atoms with Gasteiger partial charge in [0.1, 0.15) is 12.4 Å². The van der Waals surface area contributed by atoms with Crippen molar-refractivity contribution in [2.75, 3.05) is 0 Å². The van der Waals surface area contributed by atoms with Gasteiger partial charge in [-0.15, -0.1) is 0 Å². The predicted molar refractivity (Wildman–Crippen MR) is 78.9 cm³/mol. The summed E-state index contributed by atoms with van der Waals surface area (Å²) >= 11 is 12.1. The van der Waals surface area contributed by atoms with Gasteiger partial charge in [-0.1, -0.05) is 29.3 Å². The second-order valence-electron chi connectivity index (χ2n) is 4.27. The second-order valence-corrected chi connectivity index (χ2v) is 5.09. The summed E-state index contributed by atoms with van der Waals surface area (Å²) in [7, 11) is 0. The number of halogens is 2. The van der Waals surface area contributed by atoms with Gasteiger partial charge in [0.15, 0.2) is 0 Å². The highest BCUT2D eigenvalue weighted by Crippen LogP contribution is 2.27. The molecule has 2 rings (SSSR count). The smallest absolute Gasteiger partial charge is 0.335 e. The fourth-order valence-corrected chi connectivity index (χ4v) is 2.27. The first-order valence-electron chi connectivity index (χ1n) is 5.88. The molecule has 0 amide bonds. The van der Waals surface area contributed by atoms with Gasteiger partial charge in [-0.3, -0.25) is 0 Å². The van der Waals surface area contributed by atoms with Gasteiger partial charge in [0.25, 0.3) is 0 Å². The Morgan fingerprint density at radius 2 is 1.85 bits per heavy atom. The molecule has 0 aromatic heterocycles. The van der Waals surface area contributed by atoms with Crippen LogP contribution in [0.3, 0.4) is 0 Å². The third-order valence-corrected chi connectivity index (χ3v) is 3.56. The Balaban J connectivity index is 2.17. The Bertz CT molecular complexity index is 633. The van der Waals surface area contributed by atoms with E-state index in [1.807, 2.05) is 0 Å². The second kappa shape index (κ2) is 6.16. The van der Waals surface area contributed by atoms with E-state index in [0.29, 0.717) is 21.4 Å². The largest absolute Gasteiger partial charge is 0.489 e. The Labute approximate surface area is 126 Å². The molecule has 0 heterocycles. The lowest BCUT2D eigenvalue weighted by atomic mass is 10.1. The molecule has 0 saturated carbocycles. The zero-order valence-corrected chi connectivity index (χ0v) is 12.2. The zero-order chi connectivity index (χ0) is 14.7. The van der Waals surface area contributed by atoms with E-state index in [1.165, 1.54) is 6.07 Å². The van der Waals surface area contributed by atoms with Crippen molar-refractivity contribution in [2.45, 2.75) is 13.5 Å². The average Bonchev–Trinajstić information content (AvgIpc) is 2.39. The fourth-order valence-electron chi connectivity index (χ4n) is 1.76. The molecule has 2 aromatic carbocycles. The van der Waals surface area contributed by atoms with Crippen molar-refractivity contribution in [3.63, 3.8) is 0 Å². The lowest BCUT2D eigenvalue weighted by molar-refractivity contribution is 0.0696. The molecule has 0 aliphatic carbocycles. The molecule has 0 saturated heterocycles. The topological polar surface area (TPSA) is 46.5 Å². The van der Waals surface area contributed by atoms with Crippen molar-refractivity contribution in [3.8, 4) is 5.75 Å². The SMILES string of the molecule is Cc1cc(C(=O)O)ccc1OCc1c(Cl)cccc1Cl. The number of ether oxygens (including phenoxy) is 1. The van der Waals surface area contributed by atoms with E-state index in [2.05, 4.69) is 0 Å². The van der Waals surface area contributed by atoms with Crippen LogP contribution < -0.4 is 4.74 Å². The molecular formula is C15H12Cl2O3. The minimum Gasteiger partial charge on any atom is -0.489 e. The third kappa shape index (κ3) is 3.24. The van der Waals surface area contributed by atoms with Crippen LogP contribution in [-0.4, -0.2) is 11.1 Å². The summed E-state index contributed by atoms with van der Waals surface area (Å²) in [6.07, 6.45) is 0. The number of carboxylic acids is 1. The average molecular weight is 311 g/mol. The lowest BCUT2D eigenvalue weighted by Gasteiger charge is -2.11. The van der Waals surface area contributed by atoms with E-state index in [1.54, 1.807) is 37.3 Å². The molecule has 20 heavy (non-hydrogen) atoms. The molecule has 0 spiro atoms. The van der Waals surface area contributed by atoms with Crippen molar-refractivity contribution in [2.24, 2.45) is 0 Å². The summed E-state index contributed by atoms with van der Waals surface area (Å²) in [5, 5.41) is 9.98. The van der Waals surface area contributed by atoms with Crippen LogP contribution in [0.2, 0.25) is 10.0 Å². The quantitative estimate of drug-likeness (QED) is 0.899. The van der Waals surface area contributed by atoms with E-state index in [0.717, 1.165) is 5.56 Å². The van der Waals surface area contributed by atoms with Gasteiger partial charge >= 0.3 is 5.97 Å². The van der Waals surface area contributed by atoms with E-state index in [-0.39, 0.29) is 12.2 Å². The molecule has 0 bridgehead atoms. The number of carbonyl (C=O) groups is 1. The number of hydrogen-bond donors (Lipinski definition) is 1. The van der Waals surface area contributed by atoms with Crippen molar-refractivity contribution in [1.82, 2.24) is 0 Å². The number of hydrogen-bond acceptors (Lipinski definition) is 2. The van der Waals surface area contributed by atoms with Crippen molar-refractivity contribution < 1.29 is 14.6 Å². The Morgan fingerprint density at radius 3 is 2.40 bits per heavy atom. The lowest BCUT2D eigenvalue weighted by Crippen LogP contribution is -2.01. The number of aryl methyl sites for hydroxylation is 1. The van der Waals surface area contributed by atoms with Gasteiger partial charge in [-0.2, -0.15) is 0 Å². The molecule has 0 aliphatic rings. The Morgan fingerprint density at radius 1 is 1.20 bits per heavy atom. The molecule has 1 N–H and O–H groups in total. The van der Waals surface area contributed by atoms with Crippen molar-refractivity contribution in [3.05, 3.63) is 63.1 Å². The summed E-state index contributed by atoms with van der Waals surface area (Å²) in [5.74, 6) is -0.361. The molecule has 0 atom stereocenters. The summed E-state index contributed by atoms with van der Waals surface area (Å²) < 4.78 is 5.66. The Kier molecular flexibility index (Phi) is 4.53. The molecule has 2 aromatic rings. The first kappa shape index (κ1) is 14.7. The molecule has 0 unspecified atom stereocenters. The minimum atomic E-state index is -0.964.